The molecule has 37 heavy (non-hydrogen) atoms. The molecule has 202 valence electrons. The molecule has 0 radical (unpaired) electrons. The summed E-state index contributed by atoms with van der Waals surface area (Å²) in [7, 11) is 3.75. The number of nitrogens with two attached hydrogens (primary N) is 1. The molecule has 0 aliphatic heterocycles. The molecule has 0 spiro atoms. The van der Waals surface area contributed by atoms with E-state index < -0.39 is 52.0 Å². The molecule has 1 saturated carbocycles. The first-order chi connectivity index (χ1) is 17.2. The van der Waals surface area contributed by atoms with E-state index in [1.54, 1.807) is 12.1 Å². The number of Topliss-reactive ketones (excluding diaryl/α,β-unsaturated/α-hetero) is 2. The molecule has 1 amide bonds. The number of hydrogen-bond acceptors (Lipinski definition) is 9. The Hall–Kier alpha value is -3.21. The Bertz CT molecular complexity index is 1200. The van der Waals surface area contributed by atoms with Gasteiger partial charge >= 0.3 is 0 Å². The zero-order chi connectivity index (χ0) is 27.9. The van der Waals surface area contributed by atoms with Crippen molar-refractivity contribution in [3.8, 4) is 5.75 Å². The van der Waals surface area contributed by atoms with E-state index in [0.29, 0.717) is 30.6 Å². The van der Waals surface area contributed by atoms with Crippen molar-refractivity contribution in [1.82, 2.24) is 10.6 Å². The molecule has 4 rings (SSSR count). The summed E-state index contributed by atoms with van der Waals surface area (Å²) >= 11 is 0. The number of hydrogen-bond donors (Lipinski definition) is 7. The molecule has 0 aromatic heterocycles. The van der Waals surface area contributed by atoms with Crippen LogP contribution in [0.1, 0.15) is 50.3 Å². The molecule has 1 fully saturated rings. The van der Waals surface area contributed by atoms with Gasteiger partial charge in [-0.05, 0) is 43.8 Å². The number of amides is 1. The van der Waals surface area contributed by atoms with Crippen LogP contribution in [0.25, 0.3) is 5.76 Å². The Morgan fingerprint density at radius 3 is 2.32 bits per heavy atom. The summed E-state index contributed by atoms with van der Waals surface area (Å²) in [6.45, 7) is 7.25. The lowest BCUT2D eigenvalue weighted by atomic mass is 9.59. The zero-order valence-corrected chi connectivity index (χ0v) is 21.9. The fourth-order valence-electron chi connectivity index (χ4n) is 5.35. The van der Waals surface area contributed by atoms with Crippen LogP contribution in [0.2, 0.25) is 0 Å². The van der Waals surface area contributed by atoms with Crippen molar-refractivity contribution in [3.05, 3.63) is 45.7 Å². The van der Waals surface area contributed by atoms with E-state index >= 15 is 0 Å². The summed E-state index contributed by atoms with van der Waals surface area (Å²) in [5.74, 6) is -6.15. The van der Waals surface area contributed by atoms with E-state index in [-0.39, 0.29) is 35.1 Å². The van der Waals surface area contributed by atoms with Crippen molar-refractivity contribution in [2.45, 2.75) is 52.2 Å². The molecule has 1 unspecified atom stereocenters. The lowest BCUT2D eigenvalue weighted by molar-refractivity contribution is -0.147. The van der Waals surface area contributed by atoms with Crippen LogP contribution in [0, 0.1) is 17.3 Å². The molecule has 1 aromatic rings. The van der Waals surface area contributed by atoms with Crippen LogP contribution in [-0.2, 0) is 27.3 Å². The number of primary amides is 1. The van der Waals surface area contributed by atoms with Crippen LogP contribution in [0.3, 0.4) is 0 Å². The monoisotopic (exact) mass is 515 g/mol. The lowest BCUT2D eigenvalue weighted by Crippen LogP contribution is -2.58. The van der Waals surface area contributed by atoms with Gasteiger partial charge in [0.2, 0.25) is 5.78 Å². The molecule has 0 heterocycles. The number of carbonyl (C=O) groups is 3. The zero-order valence-electron chi connectivity index (χ0n) is 21.9. The minimum Gasteiger partial charge on any atom is -0.508 e. The van der Waals surface area contributed by atoms with Gasteiger partial charge in [0, 0.05) is 36.6 Å². The molecule has 10 heteroatoms. The van der Waals surface area contributed by atoms with Crippen molar-refractivity contribution in [2.75, 3.05) is 20.6 Å². The normalized spacial score (nSPS) is 25.1. The van der Waals surface area contributed by atoms with E-state index in [1.807, 2.05) is 14.1 Å². The summed E-state index contributed by atoms with van der Waals surface area (Å²) in [4.78, 5) is 37.5. The average Bonchev–Trinajstić information content (AvgIpc) is 2.77. The Morgan fingerprint density at radius 1 is 1.14 bits per heavy atom. The maximum Gasteiger partial charge on any atom is 0.255 e. The van der Waals surface area contributed by atoms with Gasteiger partial charge in [-0.1, -0.05) is 32.9 Å². The van der Waals surface area contributed by atoms with Crippen LogP contribution in [0.5, 0.6) is 5.75 Å². The number of rotatable bonds is 4. The average molecular weight is 516 g/mol. The third-order valence-electron chi connectivity index (χ3n) is 6.99. The van der Waals surface area contributed by atoms with Crippen LogP contribution < -0.4 is 16.4 Å². The highest BCUT2D eigenvalue weighted by Gasteiger charge is 2.60. The number of carbonyl (C=O) groups excluding carboxylic acids is 3. The Balaban J connectivity index is 0.00000121. The fourth-order valence-corrected chi connectivity index (χ4v) is 5.35. The number of aromatic hydroxyl groups is 1. The van der Waals surface area contributed by atoms with Crippen LogP contribution >= 0.6 is 0 Å². The predicted octanol–water partition coefficient (Wildman–Crippen LogP) is 1.40. The highest BCUT2D eigenvalue weighted by Crippen LogP contribution is 2.52. The topological polar surface area (TPSA) is 182 Å². The molecular weight excluding hydrogens is 478 g/mol. The van der Waals surface area contributed by atoms with Gasteiger partial charge < -0.3 is 36.8 Å². The van der Waals surface area contributed by atoms with Crippen molar-refractivity contribution in [3.63, 3.8) is 0 Å². The number of phenolic OH excluding ortho intramolecular Hbond substituents is 1. The fraction of sp³-hybridized carbons (Fsp3) is 0.519. The summed E-state index contributed by atoms with van der Waals surface area (Å²) in [5, 5.41) is 49.9. The first-order valence-electron chi connectivity index (χ1n) is 12.3. The molecule has 8 N–H and O–H groups in total. The second kappa shape index (κ2) is 10.3. The molecule has 0 bridgehead atoms. The van der Waals surface area contributed by atoms with Gasteiger partial charge in [0.05, 0.1) is 5.56 Å². The number of ketones is 2. The number of fused-ring (bicyclic) bond motifs is 3. The van der Waals surface area contributed by atoms with Crippen LogP contribution in [-0.4, -0.2) is 64.1 Å². The van der Waals surface area contributed by atoms with Crippen LogP contribution in [0.4, 0.5) is 0 Å². The SMILES string of the molecule is CC(C)(C)CNCc1ccc2c(c1O)C(O)=C1C(=O)[C@]3(O)C(O)=C(C(N)=O)C(=O)C[C@@H]3CC1C2.CNC. The third-order valence-corrected chi connectivity index (χ3v) is 6.99. The second-order valence-corrected chi connectivity index (χ2v) is 11.2. The van der Waals surface area contributed by atoms with Gasteiger partial charge in [0.15, 0.2) is 11.4 Å². The second-order valence-electron chi connectivity index (χ2n) is 11.2. The van der Waals surface area contributed by atoms with Crippen molar-refractivity contribution >= 4 is 23.2 Å². The number of aliphatic hydroxyl groups excluding tert-OH is 2. The maximum absolute atomic E-state index is 13.5. The van der Waals surface area contributed by atoms with Gasteiger partial charge in [-0.25, -0.2) is 0 Å². The Labute approximate surface area is 216 Å². The standard InChI is InChI=1S/C25H30N2O7.C2H7N/c1-24(2,3)10-27-9-12-5-4-11-6-13-7-14-8-15(28)18(23(26)33)22(32)25(14,34)21(31)17(13)20(30)16(11)19(12)29;1-3-2/h4-5,13-14,27,29-30,32,34H,6-10H2,1-3H3,(H2,26,33);3H,1-2H3/t13?,14-,25-;/m0./s1. The molecule has 3 atom stereocenters. The van der Waals surface area contributed by atoms with E-state index in [9.17, 15) is 34.8 Å². The van der Waals surface area contributed by atoms with E-state index in [1.165, 1.54) is 0 Å². The quantitative estimate of drug-likeness (QED) is 0.291. The van der Waals surface area contributed by atoms with Gasteiger partial charge in [0.25, 0.3) is 5.91 Å². The summed E-state index contributed by atoms with van der Waals surface area (Å²) < 4.78 is 0. The Morgan fingerprint density at radius 2 is 1.76 bits per heavy atom. The first-order valence-corrected chi connectivity index (χ1v) is 12.3. The van der Waals surface area contributed by atoms with Crippen molar-refractivity contribution in [2.24, 2.45) is 23.0 Å². The third kappa shape index (κ3) is 5.01. The minimum absolute atomic E-state index is 0.0301. The molecule has 3 aliphatic rings. The van der Waals surface area contributed by atoms with Crippen molar-refractivity contribution < 1.29 is 34.8 Å². The van der Waals surface area contributed by atoms with Gasteiger partial charge in [-0.15, -0.1) is 0 Å². The highest BCUT2D eigenvalue weighted by molar-refractivity contribution is 6.22. The molecule has 3 aliphatic carbocycles. The number of benzene rings is 1. The predicted molar refractivity (Wildman–Crippen MR) is 138 cm³/mol. The molecule has 0 saturated heterocycles. The Kier molecular flexibility index (Phi) is 7.88. The number of phenols is 1. The summed E-state index contributed by atoms with van der Waals surface area (Å²) in [6, 6.07) is 3.55. The van der Waals surface area contributed by atoms with E-state index in [0.717, 1.165) is 0 Å². The summed E-state index contributed by atoms with van der Waals surface area (Å²) in [6.07, 6.45) is 0.0990. The molecule has 10 nitrogen and oxygen atoms in total. The first kappa shape index (κ1) is 28.4. The van der Waals surface area contributed by atoms with E-state index in [2.05, 4.69) is 31.4 Å². The molecule has 1 aromatic carbocycles. The molecular formula is C27H37N3O7. The number of aliphatic hydroxyl groups is 3. The highest BCUT2D eigenvalue weighted by atomic mass is 16.3. The van der Waals surface area contributed by atoms with Gasteiger partial charge in [-0.2, -0.15) is 0 Å². The van der Waals surface area contributed by atoms with Gasteiger partial charge in [0.1, 0.15) is 22.8 Å². The van der Waals surface area contributed by atoms with Crippen molar-refractivity contribution in [1.29, 1.82) is 0 Å². The van der Waals surface area contributed by atoms with Gasteiger partial charge in [-0.3, -0.25) is 14.4 Å². The van der Waals surface area contributed by atoms with Crippen LogP contribution in [0.15, 0.2) is 29.0 Å². The van der Waals surface area contributed by atoms with E-state index in [4.69, 9.17) is 5.73 Å². The summed E-state index contributed by atoms with van der Waals surface area (Å²) in [5.41, 5.74) is 3.05. The largest absolute Gasteiger partial charge is 0.508 e. The lowest BCUT2D eigenvalue weighted by Gasteiger charge is -2.46. The minimum atomic E-state index is -2.54. The number of nitrogens with one attached hydrogen (secondary N) is 2. The smallest absolute Gasteiger partial charge is 0.255 e. The maximum atomic E-state index is 13.5.